The standard InChI is InChI=1S/C26H39N3O2/c1-25(2,3)21-16-20(24(31)23(17-21)26(4,5)6)18-27-11-9-13-29(14-15-30)19-22-10-7-8-12-28-22/h7-8,10,12,16-18,30-31H,9,11,13-15,19H2,1-6H3. The Balaban J connectivity index is 2.06. The van der Waals surface area contributed by atoms with Crippen LogP contribution in [0.1, 0.15) is 70.3 Å². The lowest BCUT2D eigenvalue weighted by Crippen LogP contribution is -2.28. The number of aromatic hydroxyl groups is 1. The first-order chi connectivity index (χ1) is 14.5. The summed E-state index contributed by atoms with van der Waals surface area (Å²) in [6.45, 7) is 15.9. The van der Waals surface area contributed by atoms with Gasteiger partial charge in [-0.2, -0.15) is 0 Å². The van der Waals surface area contributed by atoms with Crippen molar-refractivity contribution in [2.75, 3.05) is 26.2 Å². The van der Waals surface area contributed by atoms with Crippen LogP contribution in [0.25, 0.3) is 0 Å². The molecule has 0 radical (unpaired) electrons. The van der Waals surface area contributed by atoms with Crippen LogP contribution in [0.3, 0.4) is 0 Å². The molecule has 0 saturated heterocycles. The summed E-state index contributed by atoms with van der Waals surface area (Å²) in [6, 6.07) is 10.1. The summed E-state index contributed by atoms with van der Waals surface area (Å²) < 4.78 is 0. The number of benzene rings is 1. The van der Waals surface area contributed by atoms with Crippen molar-refractivity contribution in [3.8, 4) is 5.75 Å². The fourth-order valence-electron chi connectivity index (χ4n) is 3.44. The highest BCUT2D eigenvalue weighted by molar-refractivity contribution is 5.85. The van der Waals surface area contributed by atoms with Crippen LogP contribution in [0, 0.1) is 0 Å². The Bertz CT molecular complexity index is 849. The van der Waals surface area contributed by atoms with Gasteiger partial charge in [-0.05, 0) is 41.0 Å². The van der Waals surface area contributed by atoms with E-state index in [2.05, 4.69) is 62.5 Å². The quantitative estimate of drug-likeness (QED) is 0.452. The van der Waals surface area contributed by atoms with Gasteiger partial charge in [-0.15, -0.1) is 0 Å². The molecule has 1 aromatic carbocycles. The predicted molar refractivity (Wildman–Crippen MR) is 129 cm³/mol. The molecule has 31 heavy (non-hydrogen) atoms. The maximum absolute atomic E-state index is 10.9. The van der Waals surface area contributed by atoms with Crippen LogP contribution in [0.2, 0.25) is 0 Å². The van der Waals surface area contributed by atoms with Crippen LogP contribution in [-0.2, 0) is 17.4 Å². The van der Waals surface area contributed by atoms with Crippen LogP contribution in [0.5, 0.6) is 5.75 Å². The van der Waals surface area contributed by atoms with Gasteiger partial charge >= 0.3 is 0 Å². The maximum Gasteiger partial charge on any atom is 0.128 e. The summed E-state index contributed by atoms with van der Waals surface area (Å²) in [7, 11) is 0. The highest BCUT2D eigenvalue weighted by Gasteiger charge is 2.24. The second kappa shape index (κ2) is 10.9. The molecule has 0 aliphatic heterocycles. The van der Waals surface area contributed by atoms with E-state index in [4.69, 9.17) is 0 Å². The number of phenols is 1. The number of nitrogens with zero attached hydrogens (tertiary/aromatic N) is 3. The summed E-state index contributed by atoms with van der Waals surface area (Å²) in [5, 5.41) is 20.2. The van der Waals surface area contributed by atoms with E-state index in [1.165, 1.54) is 5.56 Å². The molecule has 5 heteroatoms. The van der Waals surface area contributed by atoms with Gasteiger partial charge in [-0.1, -0.05) is 53.7 Å². The zero-order valence-electron chi connectivity index (χ0n) is 20.0. The van der Waals surface area contributed by atoms with Crippen molar-refractivity contribution in [2.24, 2.45) is 4.99 Å². The summed E-state index contributed by atoms with van der Waals surface area (Å²) in [6.07, 6.45) is 4.46. The Morgan fingerprint density at radius 3 is 2.35 bits per heavy atom. The van der Waals surface area contributed by atoms with E-state index in [1.807, 2.05) is 24.3 Å². The highest BCUT2D eigenvalue weighted by atomic mass is 16.3. The van der Waals surface area contributed by atoms with E-state index in [-0.39, 0.29) is 17.4 Å². The molecular weight excluding hydrogens is 386 g/mol. The van der Waals surface area contributed by atoms with E-state index < -0.39 is 0 Å². The molecule has 2 rings (SSSR count). The van der Waals surface area contributed by atoms with Crippen molar-refractivity contribution in [3.63, 3.8) is 0 Å². The first-order valence-electron chi connectivity index (χ1n) is 11.1. The van der Waals surface area contributed by atoms with Gasteiger partial charge in [0.1, 0.15) is 5.75 Å². The van der Waals surface area contributed by atoms with Crippen molar-refractivity contribution in [3.05, 3.63) is 58.9 Å². The summed E-state index contributed by atoms with van der Waals surface area (Å²) in [4.78, 5) is 11.2. The lowest BCUT2D eigenvalue weighted by atomic mass is 9.79. The number of hydrogen-bond acceptors (Lipinski definition) is 5. The number of hydrogen-bond donors (Lipinski definition) is 2. The molecule has 0 spiro atoms. The second-order valence-electron chi connectivity index (χ2n) is 10.2. The molecule has 2 aromatic rings. The van der Waals surface area contributed by atoms with Gasteiger partial charge in [0.05, 0.1) is 12.3 Å². The topological polar surface area (TPSA) is 69.0 Å². The molecule has 1 aromatic heterocycles. The third kappa shape index (κ3) is 7.75. The van der Waals surface area contributed by atoms with Crippen molar-refractivity contribution in [1.82, 2.24) is 9.88 Å². The molecule has 0 saturated carbocycles. The minimum Gasteiger partial charge on any atom is -0.507 e. The minimum absolute atomic E-state index is 0.00738. The summed E-state index contributed by atoms with van der Waals surface area (Å²) >= 11 is 0. The highest BCUT2D eigenvalue weighted by Crippen LogP contribution is 2.37. The second-order valence-corrected chi connectivity index (χ2v) is 10.2. The number of aliphatic hydroxyl groups excluding tert-OH is 1. The number of pyridine rings is 1. The molecule has 5 nitrogen and oxygen atoms in total. The molecule has 0 amide bonds. The van der Waals surface area contributed by atoms with Crippen molar-refractivity contribution < 1.29 is 10.2 Å². The van der Waals surface area contributed by atoms with Crippen molar-refractivity contribution in [1.29, 1.82) is 0 Å². The van der Waals surface area contributed by atoms with Gasteiger partial charge in [0.25, 0.3) is 0 Å². The van der Waals surface area contributed by atoms with Gasteiger partial charge in [0, 0.05) is 49.7 Å². The fraction of sp³-hybridized carbons (Fsp3) is 0.538. The SMILES string of the molecule is CC(C)(C)c1cc(C=NCCCN(CCO)Cc2ccccn2)c(O)c(C(C)(C)C)c1. The fourth-order valence-corrected chi connectivity index (χ4v) is 3.44. The van der Waals surface area contributed by atoms with Crippen molar-refractivity contribution in [2.45, 2.75) is 65.3 Å². The Morgan fingerprint density at radius 2 is 1.77 bits per heavy atom. The molecule has 1 heterocycles. The number of phenolic OH excluding ortho intramolecular Hbond substituents is 1. The average Bonchev–Trinajstić information content (AvgIpc) is 2.68. The summed E-state index contributed by atoms with van der Waals surface area (Å²) in [5.41, 5.74) is 3.76. The smallest absolute Gasteiger partial charge is 0.128 e. The van der Waals surface area contributed by atoms with Gasteiger partial charge in [0.15, 0.2) is 0 Å². The number of aromatic nitrogens is 1. The van der Waals surface area contributed by atoms with E-state index in [9.17, 15) is 10.2 Å². The Morgan fingerprint density at radius 1 is 1.03 bits per heavy atom. The van der Waals surface area contributed by atoms with Gasteiger partial charge in [-0.25, -0.2) is 0 Å². The lowest BCUT2D eigenvalue weighted by molar-refractivity contribution is 0.188. The number of aliphatic hydroxyl groups is 1. The van der Waals surface area contributed by atoms with Crippen LogP contribution < -0.4 is 0 Å². The molecule has 0 atom stereocenters. The average molecular weight is 426 g/mol. The normalized spacial score (nSPS) is 12.8. The molecule has 170 valence electrons. The van der Waals surface area contributed by atoms with Gasteiger partial charge < -0.3 is 10.2 Å². The lowest BCUT2D eigenvalue weighted by Gasteiger charge is -2.27. The molecule has 0 fully saturated rings. The predicted octanol–water partition coefficient (Wildman–Crippen LogP) is 4.69. The first kappa shape index (κ1) is 25.0. The van der Waals surface area contributed by atoms with Gasteiger partial charge in [0.2, 0.25) is 0 Å². The third-order valence-corrected chi connectivity index (χ3v) is 5.33. The minimum atomic E-state index is -0.149. The van der Waals surface area contributed by atoms with Gasteiger partial charge in [-0.3, -0.25) is 14.9 Å². The molecule has 0 aliphatic rings. The van der Waals surface area contributed by atoms with Crippen LogP contribution in [-0.4, -0.2) is 52.6 Å². The Hall–Kier alpha value is -2.24. The van der Waals surface area contributed by atoms with Crippen LogP contribution >= 0.6 is 0 Å². The van der Waals surface area contributed by atoms with Crippen LogP contribution in [0.15, 0.2) is 41.5 Å². The Kier molecular flexibility index (Phi) is 8.78. The van der Waals surface area contributed by atoms with E-state index in [0.717, 1.165) is 29.8 Å². The van der Waals surface area contributed by atoms with E-state index in [1.54, 1.807) is 12.4 Å². The van der Waals surface area contributed by atoms with E-state index in [0.29, 0.717) is 25.4 Å². The first-order valence-corrected chi connectivity index (χ1v) is 11.1. The molecule has 0 aliphatic carbocycles. The van der Waals surface area contributed by atoms with Crippen LogP contribution in [0.4, 0.5) is 0 Å². The number of aliphatic imine (C=N–C) groups is 1. The monoisotopic (exact) mass is 425 g/mol. The largest absolute Gasteiger partial charge is 0.507 e. The molecule has 2 N–H and O–H groups in total. The van der Waals surface area contributed by atoms with Crippen molar-refractivity contribution >= 4 is 6.21 Å². The molecular formula is C26H39N3O2. The third-order valence-electron chi connectivity index (χ3n) is 5.33. The molecule has 0 unspecified atom stereocenters. The zero-order valence-corrected chi connectivity index (χ0v) is 20.0. The summed E-state index contributed by atoms with van der Waals surface area (Å²) in [5.74, 6) is 0.321. The zero-order chi connectivity index (χ0) is 23.1. The molecule has 0 bridgehead atoms. The maximum atomic E-state index is 10.9. The number of rotatable bonds is 9. The van der Waals surface area contributed by atoms with E-state index >= 15 is 0 Å². The Labute approximate surface area is 187 Å².